The van der Waals surface area contributed by atoms with Gasteiger partial charge in [-0.1, -0.05) is 191 Å². The number of phosphoric acid groups is 1. The molecule has 0 aromatic heterocycles. The lowest BCUT2D eigenvalue weighted by Gasteiger charge is -2.20. The summed E-state index contributed by atoms with van der Waals surface area (Å²) in [7, 11) is -4.72. The molecule has 57 heavy (non-hydrogen) atoms. The number of carboxylic acids is 1. The Morgan fingerprint density at radius 2 is 0.982 bits per heavy atom. The molecule has 0 rings (SSSR count). The number of carbonyl (C=O) groups excluding carboxylic acids is 2. The average Bonchev–Trinajstić information content (AvgIpc) is 3.19. The predicted molar refractivity (Wildman–Crippen MR) is 231 cm³/mol. The normalized spacial score (nSPS) is 14.2. The van der Waals surface area contributed by atoms with Gasteiger partial charge in [-0.3, -0.25) is 23.4 Å². The standard InChI is InChI=1S/C45H80NO10P/c1-3-5-7-9-11-13-15-17-19-20-21-23-25-27-29-31-33-35-37-44(48)56-41(39-54-57(51,52)55-40-42(46)45(49)50)38-53-43(47)36-34-32-30-28-26-24-22-18-16-14-12-10-8-6-4-2/h6,8,10,12,14,16,18,22,41-42H,3-5,7,9,11,13,15,17,19-21,23-40,46H2,1-2H3,(H,49,50)(H,51,52)/b8-6+,12-10+,16-14+,22-18+/t41-,42+/m1/s1. The van der Waals surface area contributed by atoms with Crippen molar-refractivity contribution in [2.45, 2.75) is 199 Å². The highest BCUT2D eigenvalue weighted by molar-refractivity contribution is 7.47. The fourth-order valence-electron chi connectivity index (χ4n) is 5.96. The summed E-state index contributed by atoms with van der Waals surface area (Å²) in [6.07, 6.45) is 44.6. The maximum atomic E-state index is 12.6. The molecule has 0 fully saturated rings. The molecule has 0 spiro atoms. The van der Waals surface area contributed by atoms with Crippen LogP contribution in [0.15, 0.2) is 48.6 Å². The van der Waals surface area contributed by atoms with E-state index in [1.54, 1.807) is 0 Å². The highest BCUT2D eigenvalue weighted by atomic mass is 31.2. The first-order valence-electron chi connectivity index (χ1n) is 22.2. The Bertz CT molecular complexity index is 1150. The van der Waals surface area contributed by atoms with E-state index in [0.717, 1.165) is 57.8 Å². The second-order valence-corrected chi connectivity index (χ2v) is 16.4. The summed E-state index contributed by atoms with van der Waals surface area (Å²) >= 11 is 0. The molecule has 0 radical (unpaired) electrons. The third kappa shape index (κ3) is 40.0. The number of unbranched alkanes of at least 4 members (excludes halogenated alkanes) is 22. The van der Waals surface area contributed by atoms with Crippen LogP contribution < -0.4 is 5.73 Å². The Kier molecular flexibility index (Phi) is 38.4. The smallest absolute Gasteiger partial charge is 0.472 e. The molecule has 11 nitrogen and oxygen atoms in total. The molecule has 0 aliphatic carbocycles. The molecule has 3 atom stereocenters. The first-order valence-corrected chi connectivity index (χ1v) is 23.7. The van der Waals surface area contributed by atoms with E-state index in [-0.39, 0.29) is 19.4 Å². The van der Waals surface area contributed by atoms with Crippen molar-refractivity contribution in [3.63, 3.8) is 0 Å². The molecular weight excluding hydrogens is 745 g/mol. The number of ether oxygens (including phenoxy) is 2. The monoisotopic (exact) mass is 826 g/mol. The minimum Gasteiger partial charge on any atom is -0.480 e. The molecule has 1 unspecified atom stereocenters. The first-order chi connectivity index (χ1) is 27.6. The van der Waals surface area contributed by atoms with E-state index in [9.17, 15) is 23.8 Å². The van der Waals surface area contributed by atoms with Gasteiger partial charge < -0.3 is 25.2 Å². The Labute approximate surface area is 345 Å². The predicted octanol–water partition coefficient (Wildman–Crippen LogP) is 11.8. The van der Waals surface area contributed by atoms with Gasteiger partial charge in [0.1, 0.15) is 12.6 Å². The van der Waals surface area contributed by atoms with Crippen molar-refractivity contribution < 1.29 is 47.5 Å². The fourth-order valence-corrected chi connectivity index (χ4v) is 6.74. The molecule has 330 valence electrons. The maximum absolute atomic E-state index is 12.6. The van der Waals surface area contributed by atoms with Crippen LogP contribution in [-0.4, -0.2) is 59.9 Å². The van der Waals surface area contributed by atoms with Gasteiger partial charge in [0.15, 0.2) is 6.10 Å². The average molecular weight is 826 g/mol. The lowest BCUT2D eigenvalue weighted by atomic mass is 10.0. The number of carbonyl (C=O) groups is 3. The molecule has 0 aromatic rings. The van der Waals surface area contributed by atoms with Crippen molar-refractivity contribution in [3.05, 3.63) is 48.6 Å². The zero-order chi connectivity index (χ0) is 42.1. The van der Waals surface area contributed by atoms with Crippen LogP contribution in [-0.2, 0) is 37.5 Å². The summed E-state index contributed by atoms with van der Waals surface area (Å²) in [6, 6.07) is -1.52. The van der Waals surface area contributed by atoms with E-state index < -0.39 is 51.1 Å². The van der Waals surface area contributed by atoms with Gasteiger partial charge in [0.05, 0.1) is 13.2 Å². The number of carboxylic acid groups (broad SMARTS) is 1. The highest BCUT2D eigenvalue weighted by Crippen LogP contribution is 2.43. The van der Waals surface area contributed by atoms with E-state index >= 15 is 0 Å². The molecule has 0 amide bonds. The van der Waals surface area contributed by atoms with Crippen molar-refractivity contribution in [3.8, 4) is 0 Å². The molecular formula is C45H80NO10P. The molecule has 0 bridgehead atoms. The van der Waals surface area contributed by atoms with E-state index in [1.807, 2.05) is 36.5 Å². The number of aliphatic carboxylic acids is 1. The summed E-state index contributed by atoms with van der Waals surface area (Å²) in [4.78, 5) is 46.0. The number of rotatable bonds is 41. The number of phosphoric ester groups is 1. The Balaban J connectivity index is 4.36. The number of allylic oxidation sites excluding steroid dienone is 8. The first kappa shape index (κ1) is 54.4. The van der Waals surface area contributed by atoms with E-state index in [2.05, 4.69) is 30.5 Å². The Morgan fingerprint density at radius 3 is 1.47 bits per heavy atom. The summed E-state index contributed by atoms with van der Waals surface area (Å²) < 4.78 is 32.7. The minimum absolute atomic E-state index is 0.157. The zero-order valence-corrected chi connectivity index (χ0v) is 36.6. The SMILES string of the molecule is CC/C=C/C=C/C=C/C=C/CCCCCCCC(=O)OC[C@H](COP(=O)(O)OC[C@H](N)C(=O)O)OC(=O)CCCCCCCCCCCCCCCCCCCC. The van der Waals surface area contributed by atoms with Crippen LogP contribution in [0, 0.1) is 0 Å². The van der Waals surface area contributed by atoms with Gasteiger partial charge in [0, 0.05) is 12.8 Å². The van der Waals surface area contributed by atoms with Gasteiger partial charge in [-0.15, -0.1) is 0 Å². The van der Waals surface area contributed by atoms with Crippen molar-refractivity contribution in [2.24, 2.45) is 5.73 Å². The number of esters is 2. The number of nitrogens with two attached hydrogens (primary N) is 1. The van der Waals surface area contributed by atoms with Crippen LogP contribution in [0.2, 0.25) is 0 Å². The molecule has 0 heterocycles. The zero-order valence-electron chi connectivity index (χ0n) is 35.7. The lowest BCUT2D eigenvalue weighted by Crippen LogP contribution is -2.34. The van der Waals surface area contributed by atoms with Crippen molar-refractivity contribution in [1.29, 1.82) is 0 Å². The molecule has 0 aliphatic heterocycles. The van der Waals surface area contributed by atoms with Crippen molar-refractivity contribution >= 4 is 25.7 Å². The third-order valence-electron chi connectivity index (χ3n) is 9.44. The quantitative estimate of drug-likeness (QED) is 0.0232. The van der Waals surface area contributed by atoms with Gasteiger partial charge >= 0.3 is 25.7 Å². The number of hydrogen-bond acceptors (Lipinski definition) is 9. The van der Waals surface area contributed by atoms with Crippen LogP contribution in [0.1, 0.15) is 187 Å². The van der Waals surface area contributed by atoms with Gasteiger partial charge in [0.25, 0.3) is 0 Å². The summed E-state index contributed by atoms with van der Waals surface area (Å²) in [6.45, 7) is 2.65. The van der Waals surface area contributed by atoms with Gasteiger partial charge in [-0.05, 0) is 32.1 Å². The van der Waals surface area contributed by atoms with Crippen LogP contribution in [0.4, 0.5) is 0 Å². The van der Waals surface area contributed by atoms with Crippen LogP contribution in [0.25, 0.3) is 0 Å². The molecule has 12 heteroatoms. The third-order valence-corrected chi connectivity index (χ3v) is 10.4. The van der Waals surface area contributed by atoms with Crippen molar-refractivity contribution in [2.75, 3.05) is 19.8 Å². The topological polar surface area (TPSA) is 172 Å². The van der Waals surface area contributed by atoms with Crippen LogP contribution >= 0.6 is 7.82 Å². The molecule has 0 saturated carbocycles. The van der Waals surface area contributed by atoms with E-state index in [1.165, 1.54) is 89.9 Å². The van der Waals surface area contributed by atoms with Gasteiger partial charge in [-0.2, -0.15) is 0 Å². The van der Waals surface area contributed by atoms with E-state index in [0.29, 0.717) is 12.8 Å². The Hall–Kier alpha value is -2.56. The number of hydrogen-bond donors (Lipinski definition) is 3. The Morgan fingerprint density at radius 1 is 0.561 bits per heavy atom. The summed E-state index contributed by atoms with van der Waals surface area (Å²) in [5, 5.41) is 8.89. The minimum atomic E-state index is -4.72. The lowest BCUT2D eigenvalue weighted by molar-refractivity contribution is -0.161. The van der Waals surface area contributed by atoms with Crippen LogP contribution in [0.5, 0.6) is 0 Å². The molecule has 0 aromatic carbocycles. The van der Waals surface area contributed by atoms with E-state index in [4.69, 9.17) is 24.8 Å². The molecule has 0 aliphatic rings. The summed E-state index contributed by atoms with van der Waals surface area (Å²) in [5.74, 6) is -2.40. The fraction of sp³-hybridized carbons (Fsp3) is 0.756. The van der Waals surface area contributed by atoms with Gasteiger partial charge in [-0.25, -0.2) is 4.57 Å². The van der Waals surface area contributed by atoms with Crippen LogP contribution in [0.3, 0.4) is 0 Å². The maximum Gasteiger partial charge on any atom is 0.472 e. The van der Waals surface area contributed by atoms with Gasteiger partial charge in [0.2, 0.25) is 0 Å². The highest BCUT2D eigenvalue weighted by Gasteiger charge is 2.28. The largest absolute Gasteiger partial charge is 0.480 e. The summed E-state index contributed by atoms with van der Waals surface area (Å²) in [5.41, 5.74) is 5.33. The second kappa shape index (κ2) is 40.2. The second-order valence-electron chi connectivity index (χ2n) is 14.9. The molecule has 4 N–H and O–H groups in total. The van der Waals surface area contributed by atoms with Crippen molar-refractivity contribution in [1.82, 2.24) is 0 Å². The molecule has 0 saturated heterocycles.